The molecule has 1 aliphatic heterocycles. The molecule has 0 unspecified atom stereocenters. The van der Waals surface area contributed by atoms with Crippen molar-refractivity contribution in [2.24, 2.45) is 0 Å². The summed E-state index contributed by atoms with van der Waals surface area (Å²) in [6, 6.07) is 15.3. The molecule has 0 saturated heterocycles. The molecule has 4 rings (SSSR count). The second kappa shape index (κ2) is 7.59. The number of benzene rings is 2. The van der Waals surface area contributed by atoms with Crippen molar-refractivity contribution < 1.29 is 13.7 Å². The summed E-state index contributed by atoms with van der Waals surface area (Å²) < 4.78 is 18.9. The third kappa shape index (κ3) is 3.71. The third-order valence-electron chi connectivity index (χ3n) is 4.69. The summed E-state index contributed by atoms with van der Waals surface area (Å²) in [5.41, 5.74) is 4.51. The van der Waals surface area contributed by atoms with Gasteiger partial charge in [0.25, 0.3) is 0 Å². The van der Waals surface area contributed by atoms with Crippen LogP contribution in [-0.4, -0.2) is 27.0 Å². The molecule has 1 aromatic heterocycles. The molecule has 6 nitrogen and oxygen atoms in total. The number of ether oxygens (including phenoxy) is 1. The van der Waals surface area contributed by atoms with Crippen molar-refractivity contribution in [1.82, 2.24) is 9.78 Å². The molecule has 0 saturated carbocycles. The number of aromatic nitrogens is 2. The monoisotopic (exact) mass is 395 g/mol. The van der Waals surface area contributed by atoms with Crippen molar-refractivity contribution in [2.45, 2.75) is 24.9 Å². The van der Waals surface area contributed by atoms with Gasteiger partial charge in [-0.3, -0.25) is 9.00 Å². The Morgan fingerprint density at radius 1 is 1.21 bits per heavy atom. The van der Waals surface area contributed by atoms with Crippen LogP contribution in [-0.2, 0) is 33.5 Å². The molecular formula is C21H21N3O3S. The standard InChI is InChI=1S/C21H21N3O3S/c1-14-4-3-5-15(10-14)11-20(25)22-21-18-12-28(26)13-19(18)23-24(21)16-6-8-17(27-2)9-7-16/h3-10H,11-13H2,1-2H3,(H,22,25)/t28-/m1/s1. The maximum atomic E-state index is 12.7. The van der Waals surface area contributed by atoms with Crippen molar-refractivity contribution in [3.05, 3.63) is 70.9 Å². The number of rotatable bonds is 5. The van der Waals surface area contributed by atoms with Gasteiger partial charge >= 0.3 is 0 Å². The maximum Gasteiger partial charge on any atom is 0.229 e. The van der Waals surface area contributed by atoms with Crippen molar-refractivity contribution >= 4 is 22.5 Å². The lowest BCUT2D eigenvalue weighted by Gasteiger charge is -2.12. The van der Waals surface area contributed by atoms with Gasteiger partial charge in [-0.1, -0.05) is 29.8 Å². The van der Waals surface area contributed by atoms with E-state index in [1.54, 1.807) is 11.8 Å². The molecular weight excluding hydrogens is 374 g/mol. The van der Waals surface area contributed by atoms with Crippen LogP contribution < -0.4 is 10.1 Å². The molecule has 28 heavy (non-hydrogen) atoms. The summed E-state index contributed by atoms with van der Waals surface area (Å²) in [5.74, 6) is 2.05. The fourth-order valence-electron chi connectivity index (χ4n) is 3.35. The lowest BCUT2D eigenvalue weighted by Crippen LogP contribution is -2.18. The Morgan fingerprint density at radius 3 is 2.71 bits per heavy atom. The number of hydrogen-bond donors (Lipinski definition) is 1. The molecule has 0 spiro atoms. The van der Waals surface area contributed by atoms with E-state index in [0.717, 1.165) is 33.8 Å². The van der Waals surface area contributed by atoms with E-state index in [4.69, 9.17) is 4.74 Å². The van der Waals surface area contributed by atoms with Crippen molar-refractivity contribution in [2.75, 3.05) is 12.4 Å². The van der Waals surface area contributed by atoms with E-state index >= 15 is 0 Å². The zero-order valence-electron chi connectivity index (χ0n) is 15.8. The van der Waals surface area contributed by atoms with E-state index in [0.29, 0.717) is 17.3 Å². The largest absolute Gasteiger partial charge is 0.497 e. The number of nitrogens with zero attached hydrogens (tertiary/aromatic N) is 2. The van der Waals surface area contributed by atoms with Crippen LogP contribution in [0.1, 0.15) is 22.4 Å². The van der Waals surface area contributed by atoms with Gasteiger partial charge in [0, 0.05) is 16.4 Å². The van der Waals surface area contributed by atoms with Gasteiger partial charge in [-0.25, -0.2) is 4.68 Å². The van der Waals surface area contributed by atoms with Gasteiger partial charge in [-0.2, -0.15) is 5.10 Å². The number of nitrogens with one attached hydrogen (secondary N) is 1. The number of carbonyl (C=O) groups is 1. The predicted octanol–water partition coefficient (Wildman–Crippen LogP) is 3.13. The van der Waals surface area contributed by atoms with Crippen LogP contribution in [0.15, 0.2) is 48.5 Å². The van der Waals surface area contributed by atoms with E-state index in [2.05, 4.69) is 10.4 Å². The van der Waals surface area contributed by atoms with Crippen LogP contribution in [0.25, 0.3) is 5.69 Å². The van der Waals surface area contributed by atoms with Crippen LogP contribution in [0.2, 0.25) is 0 Å². The summed E-state index contributed by atoms with van der Waals surface area (Å²) in [4.78, 5) is 12.7. The van der Waals surface area contributed by atoms with Crippen LogP contribution in [0.3, 0.4) is 0 Å². The second-order valence-corrected chi connectivity index (χ2v) is 8.28. The Labute approximate surface area is 166 Å². The van der Waals surface area contributed by atoms with Gasteiger partial charge in [-0.15, -0.1) is 0 Å². The molecule has 7 heteroatoms. The molecule has 3 aromatic rings. The average Bonchev–Trinajstić information content (AvgIpc) is 3.19. The SMILES string of the molecule is COc1ccc(-n2nc3c(c2NC(=O)Cc2cccc(C)c2)C[S@@](=O)C3)cc1. The highest BCUT2D eigenvalue weighted by Crippen LogP contribution is 2.31. The summed E-state index contributed by atoms with van der Waals surface area (Å²) in [6.45, 7) is 2.00. The number of hydrogen-bond acceptors (Lipinski definition) is 4. The highest BCUT2D eigenvalue weighted by molar-refractivity contribution is 7.83. The summed E-state index contributed by atoms with van der Waals surface area (Å²) in [7, 11) is 0.644. The summed E-state index contributed by atoms with van der Waals surface area (Å²) in [5, 5.41) is 7.61. The van der Waals surface area contributed by atoms with Crippen LogP contribution in [0, 0.1) is 6.92 Å². The first-order valence-electron chi connectivity index (χ1n) is 8.99. The molecule has 1 atom stereocenters. The first kappa shape index (κ1) is 18.4. The van der Waals surface area contributed by atoms with E-state index in [1.807, 2.05) is 55.5 Å². The van der Waals surface area contributed by atoms with Gasteiger partial charge in [0.2, 0.25) is 5.91 Å². The lowest BCUT2D eigenvalue weighted by atomic mass is 10.1. The van der Waals surface area contributed by atoms with Gasteiger partial charge in [0.05, 0.1) is 36.4 Å². The van der Waals surface area contributed by atoms with Crippen LogP contribution >= 0.6 is 0 Å². The summed E-state index contributed by atoms with van der Waals surface area (Å²) >= 11 is 0. The number of fused-ring (bicyclic) bond motifs is 1. The molecule has 0 bridgehead atoms. The molecule has 1 amide bonds. The molecule has 0 aliphatic carbocycles. The second-order valence-electron chi connectivity index (χ2n) is 6.83. The zero-order valence-corrected chi connectivity index (χ0v) is 16.6. The molecule has 2 aromatic carbocycles. The minimum absolute atomic E-state index is 0.124. The van der Waals surface area contributed by atoms with Gasteiger partial charge in [-0.05, 0) is 36.8 Å². The summed E-state index contributed by atoms with van der Waals surface area (Å²) in [6.07, 6.45) is 0.271. The van der Waals surface area contributed by atoms with E-state index in [9.17, 15) is 9.00 Å². The van der Waals surface area contributed by atoms with E-state index in [1.165, 1.54) is 0 Å². The van der Waals surface area contributed by atoms with Crippen LogP contribution in [0.5, 0.6) is 5.75 Å². The molecule has 144 valence electrons. The lowest BCUT2D eigenvalue weighted by molar-refractivity contribution is -0.115. The number of methoxy groups -OCH3 is 1. The highest BCUT2D eigenvalue weighted by atomic mass is 32.2. The third-order valence-corrected chi connectivity index (χ3v) is 5.90. The maximum absolute atomic E-state index is 12.7. The van der Waals surface area contributed by atoms with Gasteiger partial charge < -0.3 is 10.1 Å². The normalized spacial score (nSPS) is 15.3. The Balaban J connectivity index is 1.64. The fourth-order valence-corrected chi connectivity index (χ4v) is 4.61. The Morgan fingerprint density at radius 2 is 2.00 bits per heavy atom. The molecule has 2 heterocycles. The highest BCUT2D eigenvalue weighted by Gasteiger charge is 2.28. The van der Waals surface area contributed by atoms with Crippen molar-refractivity contribution in [3.63, 3.8) is 0 Å². The van der Waals surface area contributed by atoms with E-state index < -0.39 is 10.8 Å². The molecule has 1 N–H and O–H groups in total. The van der Waals surface area contributed by atoms with Crippen molar-refractivity contribution in [1.29, 1.82) is 0 Å². The minimum atomic E-state index is -0.971. The number of anilines is 1. The van der Waals surface area contributed by atoms with Crippen molar-refractivity contribution in [3.8, 4) is 11.4 Å². The fraction of sp³-hybridized carbons (Fsp3) is 0.238. The Hall–Kier alpha value is -2.93. The topological polar surface area (TPSA) is 73.2 Å². The van der Waals surface area contributed by atoms with E-state index in [-0.39, 0.29) is 12.3 Å². The molecule has 0 fully saturated rings. The average molecular weight is 395 g/mol. The van der Waals surface area contributed by atoms with Gasteiger partial charge in [0.1, 0.15) is 11.6 Å². The predicted molar refractivity (Wildman–Crippen MR) is 109 cm³/mol. The number of carbonyl (C=O) groups excluding carboxylic acids is 1. The van der Waals surface area contributed by atoms with Crippen LogP contribution in [0.4, 0.5) is 5.82 Å². The number of amides is 1. The quantitative estimate of drug-likeness (QED) is 0.720. The number of aryl methyl sites for hydroxylation is 1. The first-order chi connectivity index (χ1) is 13.5. The Bertz CT molecular complexity index is 1060. The smallest absolute Gasteiger partial charge is 0.229 e. The molecule has 0 radical (unpaired) electrons. The first-order valence-corrected chi connectivity index (χ1v) is 10.5. The minimum Gasteiger partial charge on any atom is -0.497 e. The molecule has 1 aliphatic rings. The van der Waals surface area contributed by atoms with Gasteiger partial charge in [0.15, 0.2) is 0 Å². The Kier molecular flexibility index (Phi) is 5.00. The zero-order chi connectivity index (χ0) is 19.7.